The van der Waals surface area contributed by atoms with E-state index in [4.69, 9.17) is 4.74 Å². The number of aromatic amines is 1. The number of ether oxygens (including phenoxy) is 1. The Morgan fingerprint density at radius 2 is 2.04 bits per heavy atom. The summed E-state index contributed by atoms with van der Waals surface area (Å²) >= 11 is 0. The maximum absolute atomic E-state index is 12.0. The van der Waals surface area contributed by atoms with Crippen LogP contribution in [0.2, 0.25) is 0 Å². The maximum atomic E-state index is 12.0. The normalized spacial score (nSPS) is 16.0. The third-order valence-electron chi connectivity index (χ3n) is 4.35. The molecule has 0 saturated carbocycles. The largest absolute Gasteiger partial charge is 0.492 e. The van der Waals surface area contributed by atoms with Gasteiger partial charge in [-0.2, -0.15) is 5.10 Å². The summed E-state index contributed by atoms with van der Waals surface area (Å²) in [5, 5.41) is 9.98. The first-order chi connectivity index (χ1) is 11.8. The fourth-order valence-electron chi connectivity index (χ4n) is 3.03. The van der Waals surface area contributed by atoms with Gasteiger partial charge >= 0.3 is 0 Å². The Morgan fingerprint density at radius 1 is 1.25 bits per heavy atom. The average molecular weight is 328 g/mol. The van der Waals surface area contributed by atoms with Gasteiger partial charge in [0.05, 0.1) is 13.1 Å². The van der Waals surface area contributed by atoms with Gasteiger partial charge in [0, 0.05) is 17.8 Å². The second kappa shape index (κ2) is 8.49. The Kier molecular flexibility index (Phi) is 5.85. The van der Waals surface area contributed by atoms with Crippen LogP contribution in [0.1, 0.15) is 24.5 Å². The van der Waals surface area contributed by atoms with E-state index >= 15 is 0 Å². The second-order valence-corrected chi connectivity index (χ2v) is 6.07. The second-order valence-electron chi connectivity index (χ2n) is 6.07. The number of carbonyl (C=O) groups excluding carboxylic acids is 1. The molecule has 24 heavy (non-hydrogen) atoms. The van der Waals surface area contributed by atoms with Crippen molar-refractivity contribution in [3.63, 3.8) is 0 Å². The fourth-order valence-corrected chi connectivity index (χ4v) is 3.03. The lowest BCUT2D eigenvalue weighted by Crippen LogP contribution is -2.42. The van der Waals surface area contributed by atoms with E-state index in [1.807, 2.05) is 36.4 Å². The monoisotopic (exact) mass is 328 g/mol. The molecule has 128 valence electrons. The number of likely N-dealkylation sites (tertiary alicyclic amines) is 1. The zero-order valence-electron chi connectivity index (χ0n) is 13.8. The Labute approximate surface area is 142 Å². The number of carbonyl (C=O) groups is 1. The minimum atomic E-state index is 0.0617. The summed E-state index contributed by atoms with van der Waals surface area (Å²) in [7, 11) is 0. The van der Waals surface area contributed by atoms with E-state index in [1.165, 1.54) is 5.69 Å². The van der Waals surface area contributed by atoms with E-state index < -0.39 is 0 Å². The van der Waals surface area contributed by atoms with Crippen LogP contribution in [0.5, 0.6) is 5.75 Å². The van der Waals surface area contributed by atoms with Crippen LogP contribution in [0.4, 0.5) is 0 Å². The number of nitrogens with one attached hydrogen (secondary N) is 2. The number of piperidine rings is 1. The van der Waals surface area contributed by atoms with Crippen LogP contribution in [0.25, 0.3) is 0 Å². The Morgan fingerprint density at radius 3 is 2.75 bits per heavy atom. The molecule has 1 aliphatic heterocycles. The molecule has 2 aromatic rings. The van der Waals surface area contributed by atoms with Crippen LogP contribution in [-0.4, -0.2) is 53.8 Å². The van der Waals surface area contributed by atoms with Crippen molar-refractivity contribution >= 4 is 5.91 Å². The lowest BCUT2D eigenvalue weighted by atomic mass is 9.94. The van der Waals surface area contributed by atoms with Gasteiger partial charge in [0.2, 0.25) is 5.91 Å². The van der Waals surface area contributed by atoms with Crippen LogP contribution >= 0.6 is 0 Å². The van der Waals surface area contributed by atoms with Crippen molar-refractivity contribution in [3.05, 3.63) is 48.3 Å². The molecule has 2 heterocycles. The first kappa shape index (κ1) is 16.5. The van der Waals surface area contributed by atoms with Crippen molar-refractivity contribution in [2.45, 2.75) is 18.8 Å². The van der Waals surface area contributed by atoms with Crippen LogP contribution in [0, 0.1) is 0 Å². The molecule has 1 aromatic carbocycles. The average Bonchev–Trinajstić information content (AvgIpc) is 3.15. The molecule has 6 nitrogen and oxygen atoms in total. The molecule has 6 heteroatoms. The topological polar surface area (TPSA) is 70.2 Å². The van der Waals surface area contributed by atoms with Gasteiger partial charge in [0.1, 0.15) is 12.4 Å². The highest BCUT2D eigenvalue weighted by atomic mass is 16.5. The molecule has 0 atom stereocenters. The van der Waals surface area contributed by atoms with Gasteiger partial charge in [0.15, 0.2) is 0 Å². The SMILES string of the molecule is O=C(CN1CCC(c2ccn[nH]2)CC1)NCCOc1ccccc1. The third kappa shape index (κ3) is 4.83. The van der Waals surface area contributed by atoms with E-state index in [9.17, 15) is 4.79 Å². The molecular formula is C18H24N4O2. The number of H-pyrrole nitrogens is 1. The summed E-state index contributed by atoms with van der Waals surface area (Å²) in [4.78, 5) is 14.2. The summed E-state index contributed by atoms with van der Waals surface area (Å²) < 4.78 is 5.56. The predicted molar refractivity (Wildman–Crippen MR) is 91.9 cm³/mol. The van der Waals surface area contributed by atoms with E-state index in [2.05, 4.69) is 20.4 Å². The highest BCUT2D eigenvalue weighted by Gasteiger charge is 2.22. The van der Waals surface area contributed by atoms with Gasteiger partial charge in [-0.15, -0.1) is 0 Å². The number of aromatic nitrogens is 2. The van der Waals surface area contributed by atoms with Gasteiger partial charge < -0.3 is 10.1 Å². The van der Waals surface area contributed by atoms with E-state index in [1.54, 1.807) is 6.20 Å². The van der Waals surface area contributed by atoms with Crippen LogP contribution < -0.4 is 10.1 Å². The smallest absolute Gasteiger partial charge is 0.234 e. The lowest BCUT2D eigenvalue weighted by molar-refractivity contribution is -0.122. The van der Waals surface area contributed by atoms with Crippen molar-refractivity contribution in [3.8, 4) is 5.75 Å². The fraction of sp³-hybridized carbons (Fsp3) is 0.444. The summed E-state index contributed by atoms with van der Waals surface area (Å²) in [6, 6.07) is 11.7. The minimum absolute atomic E-state index is 0.0617. The number of para-hydroxylation sites is 1. The number of hydrogen-bond acceptors (Lipinski definition) is 4. The molecule has 1 amide bonds. The molecule has 0 bridgehead atoms. The van der Waals surface area contributed by atoms with Crippen molar-refractivity contribution in [2.75, 3.05) is 32.8 Å². The quantitative estimate of drug-likeness (QED) is 0.760. The number of rotatable bonds is 7. The molecule has 1 aromatic heterocycles. The standard InChI is InChI=1S/C18H24N4O2/c23-18(19-10-13-24-16-4-2-1-3-5-16)14-22-11-7-15(8-12-22)17-6-9-20-21-17/h1-6,9,15H,7-8,10-14H2,(H,19,23)(H,20,21). The highest BCUT2D eigenvalue weighted by molar-refractivity contribution is 5.78. The van der Waals surface area contributed by atoms with Crippen molar-refractivity contribution < 1.29 is 9.53 Å². The number of nitrogens with zero attached hydrogens (tertiary/aromatic N) is 2. The van der Waals surface area contributed by atoms with Crippen LogP contribution in [0.15, 0.2) is 42.6 Å². The molecule has 1 saturated heterocycles. The maximum Gasteiger partial charge on any atom is 0.234 e. The summed E-state index contributed by atoms with van der Waals surface area (Å²) in [5.41, 5.74) is 1.21. The van der Waals surface area contributed by atoms with E-state index in [0.717, 1.165) is 31.7 Å². The van der Waals surface area contributed by atoms with Crippen molar-refractivity contribution in [2.24, 2.45) is 0 Å². The first-order valence-corrected chi connectivity index (χ1v) is 8.47. The molecule has 1 aliphatic rings. The van der Waals surface area contributed by atoms with Crippen molar-refractivity contribution in [1.82, 2.24) is 20.4 Å². The lowest BCUT2D eigenvalue weighted by Gasteiger charge is -2.30. The molecule has 0 radical (unpaired) electrons. The van der Waals surface area contributed by atoms with Crippen LogP contribution in [0.3, 0.4) is 0 Å². The van der Waals surface area contributed by atoms with Crippen molar-refractivity contribution in [1.29, 1.82) is 0 Å². The Hall–Kier alpha value is -2.34. The Bertz CT molecular complexity index is 607. The van der Waals surface area contributed by atoms with E-state index in [-0.39, 0.29) is 5.91 Å². The van der Waals surface area contributed by atoms with Crippen LogP contribution in [-0.2, 0) is 4.79 Å². The minimum Gasteiger partial charge on any atom is -0.492 e. The summed E-state index contributed by atoms with van der Waals surface area (Å²) in [5.74, 6) is 1.42. The third-order valence-corrected chi connectivity index (χ3v) is 4.35. The number of amides is 1. The molecule has 0 spiro atoms. The first-order valence-electron chi connectivity index (χ1n) is 8.47. The zero-order valence-corrected chi connectivity index (χ0v) is 13.8. The van der Waals surface area contributed by atoms with Gasteiger partial charge in [-0.05, 0) is 44.1 Å². The molecule has 0 aliphatic carbocycles. The Balaban J connectivity index is 1.30. The highest BCUT2D eigenvalue weighted by Crippen LogP contribution is 2.25. The molecule has 0 unspecified atom stereocenters. The number of benzene rings is 1. The zero-order chi connectivity index (χ0) is 16.6. The van der Waals surface area contributed by atoms with Gasteiger partial charge in [-0.25, -0.2) is 0 Å². The summed E-state index contributed by atoms with van der Waals surface area (Å²) in [6.45, 7) is 3.35. The summed E-state index contributed by atoms with van der Waals surface area (Å²) in [6.07, 6.45) is 3.92. The molecule has 1 fully saturated rings. The van der Waals surface area contributed by atoms with Gasteiger partial charge in [0.25, 0.3) is 0 Å². The molecule has 2 N–H and O–H groups in total. The predicted octanol–water partition coefficient (Wildman–Crippen LogP) is 1.78. The van der Waals surface area contributed by atoms with E-state index in [0.29, 0.717) is 25.6 Å². The molecule has 3 rings (SSSR count). The van der Waals surface area contributed by atoms with Gasteiger partial charge in [-0.1, -0.05) is 18.2 Å². The number of hydrogen-bond donors (Lipinski definition) is 2. The molecular weight excluding hydrogens is 304 g/mol. The van der Waals surface area contributed by atoms with Gasteiger partial charge in [-0.3, -0.25) is 14.8 Å².